The van der Waals surface area contributed by atoms with Gasteiger partial charge in [-0.25, -0.2) is 0 Å². The van der Waals surface area contributed by atoms with Crippen LogP contribution in [0.1, 0.15) is 19.8 Å². The Balaban J connectivity index is 2.49. The minimum absolute atomic E-state index is 0.221. The van der Waals surface area contributed by atoms with Crippen LogP contribution in [0.15, 0.2) is 0 Å². The summed E-state index contributed by atoms with van der Waals surface area (Å²) in [5.41, 5.74) is -0.221. The van der Waals surface area contributed by atoms with E-state index in [1.807, 2.05) is 14.0 Å². The molecule has 15 heavy (non-hydrogen) atoms. The van der Waals surface area contributed by atoms with Crippen molar-refractivity contribution in [3.63, 3.8) is 0 Å². The highest BCUT2D eigenvalue weighted by Gasteiger charge is 2.36. The van der Waals surface area contributed by atoms with Crippen LogP contribution in [0.5, 0.6) is 0 Å². The Bertz CT molecular complexity index is 213. The fraction of sp³-hybridized carbons (Fsp3) is 0.909. The monoisotopic (exact) mass is 214 g/mol. The third-order valence-corrected chi connectivity index (χ3v) is 3.09. The minimum Gasteiger partial charge on any atom is -0.383 e. The van der Waals surface area contributed by atoms with Crippen molar-refractivity contribution in [3.05, 3.63) is 0 Å². The summed E-state index contributed by atoms with van der Waals surface area (Å²) in [7, 11) is 3.50. The topological polar surface area (TPSA) is 41.6 Å². The molecular formula is C11H22N2O2. The first kappa shape index (κ1) is 12.5. The van der Waals surface area contributed by atoms with Gasteiger partial charge < -0.3 is 15.0 Å². The number of hydrogen-bond acceptors (Lipinski definition) is 3. The molecule has 1 atom stereocenters. The third kappa shape index (κ3) is 3.18. The number of nitrogens with zero attached hydrogens (tertiary/aromatic N) is 1. The van der Waals surface area contributed by atoms with E-state index in [4.69, 9.17) is 4.74 Å². The number of methoxy groups -OCH3 is 1. The van der Waals surface area contributed by atoms with Gasteiger partial charge in [-0.2, -0.15) is 0 Å². The van der Waals surface area contributed by atoms with Gasteiger partial charge in [-0.15, -0.1) is 0 Å². The van der Waals surface area contributed by atoms with Crippen LogP contribution < -0.4 is 5.32 Å². The number of likely N-dealkylation sites (N-methyl/N-ethyl adjacent to an activating group) is 1. The van der Waals surface area contributed by atoms with Crippen LogP contribution in [0.4, 0.5) is 0 Å². The average molecular weight is 214 g/mol. The SMILES string of the molecule is COCCN(C)C(=O)C1(C)CCCNC1. The molecule has 0 aromatic carbocycles. The fourth-order valence-electron chi connectivity index (χ4n) is 2.03. The van der Waals surface area contributed by atoms with Gasteiger partial charge in [0, 0.05) is 27.2 Å². The third-order valence-electron chi connectivity index (χ3n) is 3.09. The van der Waals surface area contributed by atoms with Crippen molar-refractivity contribution in [2.24, 2.45) is 5.41 Å². The van der Waals surface area contributed by atoms with Crippen molar-refractivity contribution < 1.29 is 9.53 Å². The summed E-state index contributed by atoms with van der Waals surface area (Å²) in [6, 6.07) is 0. The lowest BCUT2D eigenvalue weighted by molar-refractivity contribution is -0.141. The van der Waals surface area contributed by atoms with Gasteiger partial charge in [-0.1, -0.05) is 0 Å². The highest BCUT2D eigenvalue weighted by Crippen LogP contribution is 2.27. The van der Waals surface area contributed by atoms with Gasteiger partial charge in [-0.3, -0.25) is 4.79 Å². The Kier molecular flexibility index (Phi) is 4.54. The zero-order valence-corrected chi connectivity index (χ0v) is 10.0. The van der Waals surface area contributed by atoms with E-state index in [-0.39, 0.29) is 11.3 Å². The molecule has 0 radical (unpaired) electrons. The molecule has 0 aliphatic carbocycles. The predicted molar refractivity (Wildman–Crippen MR) is 59.7 cm³/mol. The summed E-state index contributed by atoms with van der Waals surface area (Å²) < 4.78 is 4.97. The first-order valence-corrected chi connectivity index (χ1v) is 5.55. The van der Waals surface area contributed by atoms with Gasteiger partial charge in [-0.05, 0) is 26.3 Å². The lowest BCUT2D eigenvalue weighted by atomic mass is 9.81. The van der Waals surface area contributed by atoms with Crippen molar-refractivity contribution in [2.45, 2.75) is 19.8 Å². The van der Waals surface area contributed by atoms with Crippen LogP contribution >= 0.6 is 0 Å². The second-order valence-electron chi connectivity index (χ2n) is 4.56. The second kappa shape index (κ2) is 5.47. The van der Waals surface area contributed by atoms with Gasteiger partial charge in [0.2, 0.25) is 5.91 Å². The molecular weight excluding hydrogens is 192 g/mol. The maximum absolute atomic E-state index is 12.2. The molecule has 1 aliphatic heterocycles. The Hall–Kier alpha value is -0.610. The average Bonchev–Trinajstić information content (AvgIpc) is 2.26. The van der Waals surface area contributed by atoms with Crippen molar-refractivity contribution >= 4 is 5.91 Å². The van der Waals surface area contributed by atoms with E-state index in [1.54, 1.807) is 12.0 Å². The van der Waals surface area contributed by atoms with E-state index >= 15 is 0 Å². The summed E-state index contributed by atoms with van der Waals surface area (Å²) >= 11 is 0. The smallest absolute Gasteiger partial charge is 0.229 e. The molecule has 0 aromatic heterocycles. The van der Waals surface area contributed by atoms with Crippen LogP contribution in [0, 0.1) is 5.41 Å². The number of carbonyl (C=O) groups excluding carboxylic acids is 1. The van der Waals surface area contributed by atoms with Crippen LogP contribution in [0.25, 0.3) is 0 Å². The van der Waals surface area contributed by atoms with Gasteiger partial charge in [0.25, 0.3) is 0 Å². The quantitative estimate of drug-likeness (QED) is 0.740. The Labute approximate surface area is 92.0 Å². The molecule has 1 amide bonds. The number of ether oxygens (including phenoxy) is 1. The van der Waals surface area contributed by atoms with E-state index in [9.17, 15) is 4.79 Å². The number of hydrogen-bond donors (Lipinski definition) is 1. The number of nitrogens with one attached hydrogen (secondary N) is 1. The molecule has 1 rings (SSSR count). The summed E-state index contributed by atoms with van der Waals surface area (Å²) in [6.07, 6.45) is 2.07. The Morgan fingerprint density at radius 1 is 1.60 bits per heavy atom. The lowest BCUT2D eigenvalue weighted by Gasteiger charge is -2.35. The maximum Gasteiger partial charge on any atom is 0.229 e. The van der Waals surface area contributed by atoms with E-state index in [2.05, 4.69) is 5.32 Å². The lowest BCUT2D eigenvalue weighted by Crippen LogP contribution is -2.49. The van der Waals surface area contributed by atoms with Gasteiger partial charge in [0.05, 0.1) is 12.0 Å². The van der Waals surface area contributed by atoms with Crippen molar-refractivity contribution in [1.82, 2.24) is 10.2 Å². The zero-order chi connectivity index (χ0) is 11.3. The molecule has 0 spiro atoms. The van der Waals surface area contributed by atoms with Crippen molar-refractivity contribution in [3.8, 4) is 0 Å². The molecule has 1 fully saturated rings. The number of carbonyl (C=O) groups is 1. The Morgan fingerprint density at radius 3 is 2.87 bits per heavy atom. The van der Waals surface area contributed by atoms with Crippen molar-refractivity contribution in [2.75, 3.05) is 40.4 Å². The number of amides is 1. The molecule has 1 unspecified atom stereocenters. The van der Waals surface area contributed by atoms with Crippen molar-refractivity contribution in [1.29, 1.82) is 0 Å². The summed E-state index contributed by atoms with van der Waals surface area (Å²) in [6.45, 7) is 5.15. The summed E-state index contributed by atoms with van der Waals surface area (Å²) in [4.78, 5) is 13.9. The van der Waals surface area contributed by atoms with E-state index in [0.29, 0.717) is 13.2 Å². The van der Waals surface area contributed by atoms with E-state index in [0.717, 1.165) is 25.9 Å². The number of rotatable bonds is 4. The van der Waals surface area contributed by atoms with Gasteiger partial charge >= 0.3 is 0 Å². The Morgan fingerprint density at radius 2 is 2.33 bits per heavy atom. The molecule has 1 saturated heterocycles. The first-order valence-electron chi connectivity index (χ1n) is 5.55. The van der Waals surface area contributed by atoms with Crippen LogP contribution in [-0.4, -0.2) is 51.2 Å². The van der Waals surface area contributed by atoms with Crippen LogP contribution in [0.2, 0.25) is 0 Å². The molecule has 0 bridgehead atoms. The molecule has 1 heterocycles. The normalized spacial score (nSPS) is 26.3. The van der Waals surface area contributed by atoms with E-state index in [1.165, 1.54) is 0 Å². The molecule has 0 saturated carbocycles. The fourth-order valence-corrected chi connectivity index (χ4v) is 2.03. The van der Waals surface area contributed by atoms with Crippen LogP contribution in [-0.2, 0) is 9.53 Å². The standard InChI is InChI=1S/C11H22N2O2/c1-11(5-4-6-12-9-11)10(14)13(2)7-8-15-3/h12H,4-9H2,1-3H3. The van der Waals surface area contributed by atoms with Gasteiger partial charge in [0.1, 0.15) is 0 Å². The summed E-state index contributed by atoms with van der Waals surface area (Å²) in [5.74, 6) is 0.228. The van der Waals surface area contributed by atoms with Crippen LogP contribution in [0.3, 0.4) is 0 Å². The highest BCUT2D eigenvalue weighted by molar-refractivity contribution is 5.82. The second-order valence-corrected chi connectivity index (χ2v) is 4.56. The molecule has 4 nitrogen and oxygen atoms in total. The molecule has 88 valence electrons. The molecule has 0 aromatic rings. The minimum atomic E-state index is -0.221. The molecule has 4 heteroatoms. The van der Waals surface area contributed by atoms with Gasteiger partial charge in [0.15, 0.2) is 0 Å². The number of piperidine rings is 1. The summed E-state index contributed by atoms with van der Waals surface area (Å²) in [5, 5.41) is 3.29. The highest BCUT2D eigenvalue weighted by atomic mass is 16.5. The predicted octanol–water partition coefficient (Wildman–Crippen LogP) is 0.481. The molecule has 1 N–H and O–H groups in total. The zero-order valence-electron chi connectivity index (χ0n) is 10.0. The molecule has 1 aliphatic rings. The first-order chi connectivity index (χ1) is 7.10. The maximum atomic E-state index is 12.2. The largest absolute Gasteiger partial charge is 0.383 e. The van der Waals surface area contributed by atoms with E-state index < -0.39 is 0 Å².